The van der Waals surface area contributed by atoms with Crippen molar-refractivity contribution in [1.29, 1.82) is 0 Å². The number of methoxy groups -OCH3 is 1. The highest BCUT2D eigenvalue weighted by molar-refractivity contribution is 5.63. The molecule has 4 rings (SSSR count). The van der Waals surface area contributed by atoms with Crippen molar-refractivity contribution in [2.75, 3.05) is 62.7 Å². The van der Waals surface area contributed by atoms with Gasteiger partial charge in [0.05, 0.1) is 6.10 Å². The average Bonchev–Trinajstić information content (AvgIpc) is 2.83. The fourth-order valence-corrected chi connectivity index (χ4v) is 6.02. The van der Waals surface area contributed by atoms with Gasteiger partial charge in [-0.3, -0.25) is 4.90 Å². The van der Waals surface area contributed by atoms with Gasteiger partial charge in [-0.2, -0.15) is 0 Å². The summed E-state index contributed by atoms with van der Waals surface area (Å²) >= 11 is 0. The second kappa shape index (κ2) is 10.8. The lowest BCUT2D eigenvalue weighted by atomic mass is 9.71. The summed E-state index contributed by atoms with van der Waals surface area (Å²) in [6.07, 6.45) is 10.8. The van der Waals surface area contributed by atoms with Gasteiger partial charge in [-0.15, -0.1) is 0 Å². The molecule has 0 N–H and O–H groups in total. The van der Waals surface area contributed by atoms with Gasteiger partial charge in [-0.05, 0) is 86.6 Å². The van der Waals surface area contributed by atoms with Gasteiger partial charge in [-0.1, -0.05) is 27.2 Å². The van der Waals surface area contributed by atoms with Crippen LogP contribution in [0.2, 0.25) is 0 Å². The maximum Gasteiger partial charge on any atom is 0.0746 e. The van der Waals surface area contributed by atoms with Gasteiger partial charge < -0.3 is 14.5 Å². The highest BCUT2D eigenvalue weighted by atomic mass is 16.5. The van der Waals surface area contributed by atoms with Crippen LogP contribution in [-0.2, 0) is 4.74 Å². The molecular formula is C28H47N3O. The largest absolute Gasteiger partial charge is 0.380 e. The zero-order valence-electron chi connectivity index (χ0n) is 21.2. The molecule has 0 bridgehead atoms. The molecule has 1 aliphatic carbocycles. The summed E-state index contributed by atoms with van der Waals surface area (Å²) in [7, 11) is 1.87. The normalized spacial score (nSPS) is 25.3. The first kappa shape index (κ1) is 23.9. The number of anilines is 2. The molecule has 3 fully saturated rings. The van der Waals surface area contributed by atoms with E-state index in [-0.39, 0.29) is 0 Å². The van der Waals surface area contributed by atoms with Gasteiger partial charge in [-0.25, -0.2) is 0 Å². The van der Waals surface area contributed by atoms with Gasteiger partial charge >= 0.3 is 0 Å². The lowest BCUT2D eigenvalue weighted by molar-refractivity contribution is 0.0893. The number of hydrogen-bond donors (Lipinski definition) is 0. The maximum absolute atomic E-state index is 5.71. The SMILES string of the molecule is CCCCN1CCN(c2ccc(N3CCCC(OC)C3)cc2C2CCC(C)(C)CC2)CC1. The molecule has 1 unspecified atom stereocenters. The van der Waals surface area contributed by atoms with E-state index >= 15 is 0 Å². The Morgan fingerprint density at radius 3 is 2.41 bits per heavy atom. The lowest BCUT2D eigenvalue weighted by Crippen LogP contribution is -2.47. The summed E-state index contributed by atoms with van der Waals surface area (Å²) in [4.78, 5) is 7.92. The van der Waals surface area contributed by atoms with E-state index in [2.05, 4.69) is 53.7 Å². The first-order valence-electron chi connectivity index (χ1n) is 13.4. The highest BCUT2D eigenvalue weighted by Crippen LogP contribution is 2.46. The zero-order chi connectivity index (χ0) is 22.6. The number of hydrogen-bond acceptors (Lipinski definition) is 4. The maximum atomic E-state index is 5.71. The van der Waals surface area contributed by atoms with Crippen molar-refractivity contribution in [1.82, 2.24) is 4.90 Å². The van der Waals surface area contributed by atoms with Gasteiger partial charge in [0.1, 0.15) is 0 Å². The molecule has 0 radical (unpaired) electrons. The monoisotopic (exact) mass is 441 g/mol. The summed E-state index contributed by atoms with van der Waals surface area (Å²) in [5.41, 5.74) is 5.07. The van der Waals surface area contributed by atoms with Crippen LogP contribution < -0.4 is 9.80 Å². The third kappa shape index (κ3) is 5.80. The Hall–Kier alpha value is -1.26. The molecule has 1 aromatic rings. The zero-order valence-corrected chi connectivity index (χ0v) is 21.2. The van der Waals surface area contributed by atoms with Crippen molar-refractivity contribution in [3.63, 3.8) is 0 Å². The highest BCUT2D eigenvalue weighted by Gasteiger charge is 2.31. The molecule has 0 spiro atoms. The van der Waals surface area contributed by atoms with Crippen LogP contribution in [-0.4, -0.2) is 63.9 Å². The Balaban J connectivity index is 1.54. The molecule has 4 nitrogen and oxygen atoms in total. The molecule has 1 aromatic carbocycles. The summed E-state index contributed by atoms with van der Waals surface area (Å²) < 4.78 is 5.71. The quantitative estimate of drug-likeness (QED) is 0.524. The third-order valence-corrected chi connectivity index (χ3v) is 8.41. The minimum absolute atomic E-state index is 0.374. The van der Waals surface area contributed by atoms with Gasteiger partial charge in [0.15, 0.2) is 0 Å². The molecule has 32 heavy (non-hydrogen) atoms. The molecule has 4 heteroatoms. The summed E-state index contributed by atoms with van der Waals surface area (Å²) in [5.74, 6) is 0.708. The van der Waals surface area contributed by atoms with Crippen molar-refractivity contribution < 1.29 is 4.74 Å². The first-order valence-corrected chi connectivity index (χ1v) is 13.4. The van der Waals surface area contributed by atoms with E-state index in [1.807, 2.05) is 7.11 Å². The summed E-state index contributed by atoms with van der Waals surface area (Å²) in [5, 5.41) is 0. The number of piperidine rings is 1. The van der Waals surface area contributed by atoms with Gasteiger partial charge in [0.2, 0.25) is 0 Å². The van der Waals surface area contributed by atoms with E-state index in [1.165, 1.54) is 95.5 Å². The smallest absolute Gasteiger partial charge is 0.0746 e. The van der Waals surface area contributed by atoms with Crippen molar-refractivity contribution >= 4 is 11.4 Å². The molecule has 1 saturated carbocycles. The van der Waals surface area contributed by atoms with Crippen LogP contribution in [0.3, 0.4) is 0 Å². The van der Waals surface area contributed by atoms with Crippen LogP contribution in [0.25, 0.3) is 0 Å². The molecule has 2 saturated heterocycles. The van der Waals surface area contributed by atoms with E-state index in [1.54, 1.807) is 5.56 Å². The van der Waals surface area contributed by atoms with E-state index < -0.39 is 0 Å². The number of unbranched alkanes of at least 4 members (excludes halogenated alkanes) is 1. The Morgan fingerprint density at radius 1 is 0.969 bits per heavy atom. The predicted octanol–water partition coefficient (Wildman–Crippen LogP) is 5.91. The topological polar surface area (TPSA) is 19.0 Å². The number of nitrogens with zero attached hydrogens (tertiary/aromatic N) is 3. The van der Waals surface area contributed by atoms with Crippen molar-refractivity contribution in [3.8, 4) is 0 Å². The second-order valence-corrected chi connectivity index (χ2v) is 11.3. The standard InChI is InChI=1S/C28H47N3O/c1-5-6-15-29-17-19-30(20-18-29)27-10-9-24(31-16-7-8-25(22-31)32-4)21-26(27)23-11-13-28(2,3)14-12-23/h9-10,21,23,25H,5-8,11-20,22H2,1-4H3. The fourth-order valence-electron chi connectivity index (χ4n) is 6.02. The van der Waals surface area contributed by atoms with E-state index in [0.717, 1.165) is 13.1 Å². The van der Waals surface area contributed by atoms with Crippen LogP contribution in [0, 0.1) is 5.41 Å². The molecular weight excluding hydrogens is 394 g/mol. The summed E-state index contributed by atoms with van der Waals surface area (Å²) in [6, 6.07) is 7.43. The van der Waals surface area contributed by atoms with Crippen molar-refractivity contribution in [3.05, 3.63) is 23.8 Å². The number of ether oxygens (including phenoxy) is 1. The number of piperazine rings is 1. The second-order valence-electron chi connectivity index (χ2n) is 11.3. The average molecular weight is 442 g/mol. The van der Waals surface area contributed by atoms with Crippen LogP contribution in [0.1, 0.15) is 83.6 Å². The molecule has 2 aliphatic heterocycles. The predicted molar refractivity (Wildman–Crippen MR) is 137 cm³/mol. The Labute approximate surface area is 197 Å². The van der Waals surface area contributed by atoms with Gasteiger partial charge in [0.25, 0.3) is 0 Å². The molecule has 0 amide bonds. The van der Waals surface area contributed by atoms with Crippen LogP contribution in [0.5, 0.6) is 0 Å². The first-order chi connectivity index (χ1) is 15.5. The number of benzene rings is 1. The van der Waals surface area contributed by atoms with Crippen molar-refractivity contribution in [2.24, 2.45) is 5.41 Å². The van der Waals surface area contributed by atoms with Crippen LogP contribution >= 0.6 is 0 Å². The minimum atomic E-state index is 0.374. The molecule has 3 aliphatic rings. The van der Waals surface area contributed by atoms with Crippen molar-refractivity contribution in [2.45, 2.75) is 84.2 Å². The molecule has 180 valence electrons. The Bertz CT molecular complexity index is 715. The van der Waals surface area contributed by atoms with Crippen LogP contribution in [0.15, 0.2) is 18.2 Å². The van der Waals surface area contributed by atoms with E-state index in [4.69, 9.17) is 4.74 Å². The Kier molecular flexibility index (Phi) is 8.04. The summed E-state index contributed by atoms with van der Waals surface area (Å²) in [6.45, 7) is 15.4. The lowest BCUT2D eigenvalue weighted by Gasteiger charge is -2.41. The van der Waals surface area contributed by atoms with E-state index in [9.17, 15) is 0 Å². The Morgan fingerprint density at radius 2 is 1.72 bits per heavy atom. The number of rotatable bonds is 7. The fraction of sp³-hybridized carbons (Fsp3) is 0.786. The molecule has 1 atom stereocenters. The van der Waals surface area contributed by atoms with Gasteiger partial charge in [0, 0.05) is 57.8 Å². The molecule has 0 aromatic heterocycles. The van der Waals surface area contributed by atoms with Crippen LogP contribution in [0.4, 0.5) is 11.4 Å². The minimum Gasteiger partial charge on any atom is -0.380 e. The molecule has 2 heterocycles. The third-order valence-electron chi connectivity index (χ3n) is 8.41. The van der Waals surface area contributed by atoms with E-state index in [0.29, 0.717) is 17.4 Å².